The molecule has 1 aromatic carbocycles. The van der Waals surface area contributed by atoms with Crippen molar-refractivity contribution in [2.45, 2.75) is 20.4 Å². The van der Waals surface area contributed by atoms with Gasteiger partial charge >= 0.3 is 5.97 Å². The summed E-state index contributed by atoms with van der Waals surface area (Å²) in [6, 6.07) is 3.31. The minimum Gasteiger partial charge on any atom is -0.478 e. The smallest absolute Gasteiger partial charge is 0.335 e. The monoisotopic (exact) mass is 279 g/mol. The lowest BCUT2D eigenvalue weighted by Gasteiger charge is -2.15. The molecule has 1 heterocycles. The van der Waals surface area contributed by atoms with Crippen LogP contribution in [0.2, 0.25) is 0 Å². The van der Waals surface area contributed by atoms with Gasteiger partial charge in [0, 0.05) is 17.4 Å². The van der Waals surface area contributed by atoms with Gasteiger partial charge in [0.15, 0.2) is 0 Å². The molecule has 0 saturated carbocycles. The van der Waals surface area contributed by atoms with Gasteiger partial charge in [0.1, 0.15) is 5.82 Å². The number of aromatic carboxylic acids is 1. The molecule has 2 rings (SSSR count). The van der Waals surface area contributed by atoms with Gasteiger partial charge in [-0.1, -0.05) is 13.8 Å². The van der Waals surface area contributed by atoms with Crippen molar-refractivity contribution in [3.63, 3.8) is 0 Å². The van der Waals surface area contributed by atoms with E-state index in [-0.39, 0.29) is 29.5 Å². The second kappa shape index (κ2) is 5.03. The van der Waals surface area contributed by atoms with Gasteiger partial charge in [0.05, 0.1) is 12.1 Å². The van der Waals surface area contributed by atoms with Crippen molar-refractivity contribution >= 4 is 17.8 Å². The van der Waals surface area contributed by atoms with Crippen molar-refractivity contribution in [2.75, 3.05) is 0 Å². The van der Waals surface area contributed by atoms with Crippen LogP contribution in [0.4, 0.5) is 4.39 Å². The summed E-state index contributed by atoms with van der Waals surface area (Å²) in [5, 5.41) is 8.88. The molecular formula is C14H14FNO4. The van der Waals surface area contributed by atoms with E-state index in [1.54, 1.807) is 13.8 Å². The van der Waals surface area contributed by atoms with E-state index in [1.165, 1.54) is 0 Å². The molecule has 0 spiro atoms. The van der Waals surface area contributed by atoms with Crippen LogP contribution >= 0.6 is 0 Å². The number of hydrogen-bond acceptors (Lipinski definition) is 3. The van der Waals surface area contributed by atoms with Crippen LogP contribution in [0.1, 0.15) is 29.8 Å². The van der Waals surface area contributed by atoms with E-state index in [4.69, 9.17) is 5.11 Å². The SMILES string of the molecule is CC1C(=O)N(Cc2cc(C(=O)O)ccc2F)C(=O)C1C. The maximum absolute atomic E-state index is 13.7. The zero-order valence-corrected chi connectivity index (χ0v) is 11.1. The summed E-state index contributed by atoms with van der Waals surface area (Å²) in [7, 11) is 0. The predicted molar refractivity (Wildman–Crippen MR) is 67.2 cm³/mol. The van der Waals surface area contributed by atoms with Gasteiger partial charge in [-0.3, -0.25) is 14.5 Å². The van der Waals surface area contributed by atoms with E-state index >= 15 is 0 Å². The lowest BCUT2D eigenvalue weighted by atomic mass is 10.00. The summed E-state index contributed by atoms with van der Waals surface area (Å²) in [6.07, 6.45) is 0. The highest BCUT2D eigenvalue weighted by atomic mass is 19.1. The predicted octanol–water partition coefficient (Wildman–Crippen LogP) is 1.66. The quantitative estimate of drug-likeness (QED) is 0.854. The van der Waals surface area contributed by atoms with Gasteiger partial charge in [0.25, 0.3) is 0 Å². The Kier molecular flexibility index (Phi) is 3.57. The maximum atomic E-state index is 13.7. The van der Waals surface area contributed by atoms with Crippen molar-refractivity contribution in [2.24, 2.45) is 11.8 Å². The molecule has 1 N–H and O–H groups in total. The first kappa shape index (κ1) is 14.2. The summed E-state index contributed by atoms with van der Waals surface area (Å²) in [5.41, 5.74) is -0.0607. The minimum atomic E-state index is -1.19. The molecule has 1 aliphatic rings. The zero-order valence-electron chi connectivity index (χ0n) is 11.1. The summed E-state index contributed by atoms with van der Waals surface area (Å²) >= 11 is 0. The third-order valence-electron chi connectivity index (χ3n) is 3.68. The van der Waals surface area contributed by atoms with Crippen LogP contribution < -0.4 is 0 Å². The molecule has 0 radical (unpaired) electrons. The largest absolute Gasteiger partial charge is 0.478 e. The molecule has 0 bridgehead atoms. The number of benzene rings is 1. The molecule has 2 unspecified atom stereocenters. The molecule has 1 aromatic rings. The number of rotatable bonds is 3. The lowest BCUT2D eigenvalue weighted by molar-refractivity contribution is -0.140. The topological polar surface area (TPSA) is 74.7 Å². The second-order valence-electron chi connectivity index (χ2n) is 4.95. The highest BCUT2D eigenvalue weighted by Crippen LogP contribution is 2.27. The van der Waals surface area contributed by atoms with Crippen molar-refractivity contribution in [3.05, 3.63) is 35.1 Å². The van der Waals surface area contributed by atoms with E-state index < -0.39 is 23.6 Å². The number of nitrogens with zero attached hydrogens (tertiary/aromatic N) is 1. The molecular weight excluding hydrogens is 265 g/mol. The van der Waals surface area contributed by atoms with Gasteiger partial charge in [0.2, 0.25) is 11.8 Å². The third kappa shape index (κ3) is 2.29. The van der Waals surface area contributed by atoms with Crippen molar-refractivity contribution < 1.29 is 23.9 Å². The van der Waals surface area contributed by atoms with Crippen LogP contribution in [0, 0.1) is 17.7 Å². The number of carbonyl (C=O) groups excluding carboxylic acids is 2. The number of imide groups is 1. The summed E-state index contributed by atoms with van der Waals surface area (Å²) in [4.78, 5) is 35.7. The molecule has 6 heteroatoms. The maximum Gasteiger partial charge on any atom is 0.335 e. The van der Waals surface area contributed by atoms with Crippen molar-refractivity contribution in [3.8, 4) is 0 Å². The van der Waals surface area contributed by atoms with Gasteiger partial charge in [-0.05, 0) is 18.2 Å². The first-order chi connectivity index (χ1) is 9.32. The molecule has 1 aliphatic heterocycles. The fourth-order valence-corrected chi connectivity index (χ4v) is 2.18. The van der Waals surface area contributed by atoms with E-state index in [0.717, 1.165) is 23.1 Å². The summed E-state index contributed by atoms with van der Waals surface area (Å²) < 4.78 is 13.7. The highest BCUT2D eigenvalue weighted by Gasteiger charge is 2.42. The Bertz CT molecular complexity index is 579. The first-order valence-electron chi connectivity index (χ1n) is 6.20. The van der Waals surface area contributed by atoms with Crippen LogP contribution in [-0.2, 0) is 16.1 Å². The normalized spacial score (nSPS) is 22.4. The van der Waals surface area contributed by atoms with Crippen LogP contribution in [-0.4, -0.2) is 27.8 Å². The van der Waals surface area contributed by atoms with Crippen molar-refractivity contribution in [1.29, 1.82) is 0 Å². The molecule has 106 valence electrons. The average Bonchev–Trinajstić information content (AvgIpc) is 2.58. The Hall–Kier alpha value is -2.24. The third-order valence-corrected chi connectivity index (χ3v) is 3.68. The molecule has 5 nitrogen and oxygen atoms in total. The van der Waals surface area contributed by atoms with Gasteiger partial charge in [-0.15, -0.1) is 0 Å². The number of amides is 2. The van der Waals surface area contributed by atoms with Gasteiger partial charge in [-0.2, -0.15) is 0 Å². The van der Waals surface area contributed by atoms with E-state index in [2.05, 4.69) is 0 Å². The Balaban J connectivity index is 2.31. The molecule has 1 fully saturated rings. The molecule has 1 saturated heterocycles. The van der Waals surface area contributed by atoms with Gasteiger partial charge < -0.3 is 5.11 Å². The number of halogens is 1. The van der Waals surface area contributed by atoms with Crippen LogP contribution in [0.3, 0.4) is 0 Å². The Morgan fingerprint density at radius 1 is 1.25 bits per heavy atom. The number of likely N-dealkylation sites (tertiary alicyclic amines) is 1. The van der Waals surface area contributed by atoms with Crippen molar-refractivity contribution in [1.82, 2.24) is 4.90 Å². The Labute approximate surface area is 115 Å². The first-order valence-corrected chi connectivity index (χ1v) is 6.20. The summed E-state index contributed by atoms with van der Waals surface area (Å²) in [5.74, 6) is -3.42. The number of carboxylic acid groups (broad SMARTS) is 1. The van der Waals surface area contributed by atoms with E-state index in [0.29, 0.717) is 0 Å². The Morgan fingerprint density at radius 2 is 1.80 bits per heavy atom. The fraction of sp³-hybridized carbons (Fsp3) is 0.357. The van der Waals surface area contributed by atoms with Gasteiger partial charge in [-0.25, -0.2) is 9.18 Å². The number of hydrogen-bond donors (Lipinski definition) is 1. The molecule has 0 aromatic heterocycles. The number of carbonyl (C=O) groups is 3. The highest BCUT2D eigenvalue weighted by molar-refractivity contribution is 6.04. The van der Waals surface area contributed by atoms with E-state index in [9.17, 15) is 18.8 Å². The van der Waals surface area contributed by atoms with Crippen LogP contribution in [0.15, 0.2) is 18.2 Å². The second-order valence-corrected chi connectivity index (χ2v) is 4.95. The van der Waals surface area contributed by atoms with E-state index in [1.807, 2.05) is 0 Å². The molecule has 2 atom stereocenters. The molecule has 20 heavy (non-hydrogen) atoms. The minimum absolute atomic E-state index is 0.0212. The average molecular weight is 279 g/mol. The number of carboxylic acids is 1. The lowest BCUT2D eigenvalue weighted by Crippen LogP contribution is -2.30. The molecule has 0 aliphatic carbocycles. The standard InChI is InChI=1S/C14H14FNO4/c1-7-8(2)13(18)16(12(7)17)6-10-5-9(14(19)20)3-4-11(10)15/h3-5,7-8H,6H2,1-2H3,(H,19,20). The Morgan fingerprint density at radius 3 is 2.30 bits per heavy atom. The summed E-state index contributed by atoms with van der Waals surface area (Å²) in [6.45, 7) is 3.06. The van der Waals surface area contributed by atoms with Crippen LogP contribution in [0.5, 0.6) is 0 Å². The van der Waals surface area contributed by atoms with Crippen LogP contribution in [0.25, 0.3) is 0 Å². The zero-order chi connectivity index (χ0) is 15.0. The molecule has 2 amide bonds. The fourth-order valence-electron chi connectivity index (χ4n) is 2.18.